The summed E-state index contributed by atoms with van der Waals surface area (Å²) in [5.74, 6) is -0.275. The molecule has 0 spiro atoms. The van der Waals surface area contributed by atoms with Gasteiger partial charge >= 0.3 is 5.97 Å². The van der Waals surface area contributed by atoms with Gasteiger partial charge in [-0.25, -0.2) is 4.79 Å². The highest BCUT2D eigenvalue weighted by Crippen LogP contribution is 2.12. The fourth-order valence-corrected chi connectivity index (χ4v) is 2.53. The lowest BCUT2D eigenvalue weighted by Gasteiger charge is -2.21. The van der Waals surface area contributed by atoms with Crippen molar-refractivity contribution in [2.45, 2.75) is 19.9 Å². The molecule has 0 aliphatic rings. The highest BCUT2D eigenvalue weighted by Gasteiger charge is 2.12. The summed E-state index contributed by atoms with van der Waals surface area (Å²) in [6.07, 6.45) is 0.392. The first kappa shape index (κ1) is 18.5. The van der Waals surface area contributed by atoms with Crippen molar-refractivity contribution >= 4 is 17.6 Å². The summed E-state index contributed by atoms with van der Waals surface area (Å²) in [7, 11) is 1.35. The van der Waals surface area contributed by atoms with Gasteiger partial charge in [0.05, 0.1) is 12.7 Å². The van der Waals surface area contributed by atoms with Gasteiger partial charge in [-0.1, -0.05) is 36.4 Å². The molecule has 0 aliphatic carbocycles. The molecule has 132 valence electrons. The number of esters is 1. The number of nitrogens with one attached hydrogen (secondary N) is 1. The number of amides is 1. The molecular formula is C20H24N2O3. The minimum absolute atomic E-state index is 0.1000. The van der Waals surface area contributed by atoms with Crippen molar-refractivity contribution in [3.05, 3.63) is 65.7 Å². The fraction of sp³-hybridized carbons (Fsp3) is 0.300. The van der Waals surface area contributed by atoms with E-state index in [9.17, 15) is 9.59 Å². The van der Waals surface area contributed by atoms with Crippen molar-refractivity contribution < 1.29 is 14.3 Å². The van der Waals surface area contributed by atoms with E-state index < -0.39 is 0 Å². The summed E-state index contributed by atoms with van der Waals surface area (Å²) in [6.45, 7) is 3.78. The first-order valence-electron chi connectivity index (χ1n) is 8.38. The molecule has 2 aromatic rings. The average Bonchev–Trinajstić information content (AvgIpc) is 2.66. The maximum absolute atomic E-state index is 12.4. The predicted molar refractivity (Wildman–Crippen MR) is 98.4 cm³/mol. The molecule has 5 heteroatoms. The van der Waals surface area contributed by atoms with Crippen LogP contribution >= 0.6 is 0 Å². The molecule has 25 heavy (non-hydrogen) atoms. The number of ether oxygens (including phenoxy) is 1. The molecular weight excluding hydrogens is 316 g/mol. The monoisotopic (exact) mass is 340 g/mol. The lowest BCUT2D eigenvalue weighted by molar-refractivity contribution is -0.131. The topological polar surface area (TPSA) is 58.6 Å². The second-order valence-corrected chi connectivity index (χ2v) is 5.64. The van der Waals surface area contributed by atoms with E-state index >= 15 is 0 Å². The van der Waals surface area contributed by atoms with Gasteiger partial charge in [-0.2, -0.15) is 0 Å². The Morgan fingerprint density at radius 1 is 1.08 bits per heavy atom. The van der Waals surface area contributed by atoms with Crippen LogP contribution in [-0.4, -0.2) is 37.0 Å². The summed E-state index contributed by atoms with van der Waals surface area (Å²) < 4.78 is 4.71. The molecule has 0 unspecified atom stereocenters. The molecule has 0 fully saturated rings. The zero-order valence-electron chi connectivity index (χ0n) is 14.7. The Labute approximate surface area is 148 Å². The molecule has 0 saturated carbocycles. The first-order chi connectivity index (χ1) is 12.1. The number of nitrogens with zero attached hydrogens (tertiary/aromatic N) is 1. The number of hydrogen-bond acceptors (Lipinski definition) is 4. The summed E-state index contributed by atoms with van der Waals surface area (Å²) >= 11 is 0. The van der Waals surface area contributed by atoms with E-state index in [4.69, 9.17) is 4.74 Å². The normalized spacial score (nSPS) is 10.2. The molecule has 0 atom stereocenters. The number of methoxy groups -OCH3 is 1. The molecule has 0 radical (unpaired) electrons. The van der Waals surface area contributed by atoms with Gasteiger partial charge < -0.3 is 15.0 Å². The number of carbonyl (C=O) groups is 2. The molecule has 1 N–H and O–H groups in total. The van der Waals surface area contributed by atoms with Gasteiger partial charge in [0.1, 0.15) is 0 Å². The van der Waals surface area contributed by atoms with Gasteiger partial charge in [0.2, 0.25) is 5.91 Å². The molecule has 2 rings (SSSR count). The molecule has 0 heterocycles. The van der Waals surface area contributed by atoms with Crippen LogP contribution < -0.4 is 5.32 Å². The van der Waals surface area contributed by atoms with Crippen LogP contribution in [0.15, 0.2) is 54.6 Å². The largest absolute Gasteiger partial charge is 0.465 e. The van der Waals surface area contributed by atoms with Crippen molar-refractivity contribution in [2.24, 2.45) is 0 Å². The van der Waals surface area contributed by atoms with Gasteiger partial charge in [0.15, 0.2) is 0 Å². The Morgan fingerprint density at radius 3 is 2.52 bits per heavy atom. The Balaban J connectivity index is 1.85. The molecule has 0 aromatic heterocycles. The molecule has 1 amide bonds. The molecule has 5 nitrogen and oxygen atoms in total. The minimum atomic E-state index is -0.375. The third-order valence-electron chi connectivity index (χ3n) is 3.90. The van der Waals surface area contributed by atoms with Gasteiger partial charge in [0.25, 0.3) is 0 Å². The Morgan fingerprint density at radius 2 is 1.84 bits per heavy atom. The smallest absolute Gasteiger partial charge is 0.337 e. The molecule has 2 aromatic carbocycles. The van der Waals surface area contributed by atoms with E-state index in [2.05, 4.69) is 5.32 Å². The van der Waals surface area contributed by atoms with E-state index in [1.807, 2.05) is 48.2 Å². The third-order valence-corrected chi connectivity index (χ3v) is 3.90. The van der Waals surface area contributed by atoms with Crippen LogP contribution in [-0.2, 0) is 16.1 Å². The summed E-state index contributed by atoms with van der Waals surface area (Å²) in [5, 5.41) is 3.18. The van der Waals surface area contributed by atoms with E-state index in [1.165, 1.54) is 7.11 Å². The van der Waals surface area contributed by atoms with Gasteiger partial charge in [0, 0.05) is 31.7 Å². The van der Waals surface area contributed by atoms with Gasteiger partial charge in [-0.05, 0) is 30.7 Å². The number of anilines is 1. The summed E-state index contributed by atoms with van der Waals surface area (Å²) in [4.78, 5) is 25.8. The van der Waals surface area contributed by atoms with Crippen LogP contribution in [0.2, 0.25) is 0 Å². The molecule has 0 aliphatic heterocycles. The van der Waals surface area contributed by atoms with Crippen molar-refractivity contribution in [3.8, 4) is 0 Å². The predicted octanol–water partition coefficient (Wildman–Crippen LogP) is 3.32. The maximum atomic E-state index is 12.4. The Kier molecular flexibility index (Phi) is 7.01. The lowest BCUT2D eigenvalue weighted by Crippen LogP contribution is -2.31. The fourth-order valence-electron chi connectivity index (χ4n) is 2.53. The van der Waals surface area contributed by atoms with Crippen LogP contribution in [0.3, 0.4) is 0 Å². The second kappa shape index (κ2) is 9.47. The van der Waals surface area contributed by atoms with Crippen LogP contribution in [0.4, 0.5) is 5.69 Å². The summed E-state index contributed by atoms with van der Waals surface area (Å²) in [6, 6.07) is 17.0. The first-order valence-corrected chi connectivity index (χ1v) is 8.38. The van der Waals surface area contributed by atoms with E-state index in [-0.39, 0.29) is 11.9 Å². The number of hydrogen-bond donors (Lipinski definition) is 1. The minimum Gasteiger partial charge on any atom is -0.465 e. The average molecular weight is 340 g/mol. The quantitative estimate of drug-likeness (QED) is 0.749. The van der Waals surface area contributed by atoms with Crippen molar-refractivity contribution in [1.82, 2.24) is 4.90 Å². The Hall–Kier alpha value is -2.82. The molecule has 0 saturated heterocycles. The number of carbonyl (C=O) groups excluding carboxylic acids is 2. The van der Waals surface area contributed by atoms with Crippen LogP contribution in [0.1, 0.15) is 29.3 Å². The standard InChI is InChI=1S/C20H24N2O3/c1-3-22(15-16-8-5-4-6-9-16)19(23)12-13-21-18-11-7-10-17(14-18)20(24)25-2/h4-11,14,21H,3,12-13,15H2,1-2H3. The third kappa shape index (κ3) is 5.64. The van der Waals surface area contributed by atoms with Crippen molar-refractivity contribution in [1.29, 1.82) is 0 Å². The SMILES string of the molecule is CCN(Cc1ccccc1)C(=O)CCNc1cccc(C(=O)OC)c1. The molecule has 0 bridgehead atoms. The second-order valence-electron chi connectivity index (χ2n) is 5.64. The van der Waals surface area contributed by atoms with E-state index in [0.717, 1.165) is 11.3 Å². The van der Waals surface area contributed by atoms with Gasteiger partial charge in [-0.3, -0.25) is 4.79 Å². The highest BCUT2D eigenvalue weighted by atomic mass is 16.5. The Bertz CT molecular complexity index is 701. The van der Waals surface area contributed by atoms with Crippen molar-refractivity contribution in [2.75, 3.05) is 25.5 Å². The van der Waals surface area contributed by atoms with Crippen LogP contribution in [0, 0.1) is 0 Å². The zero-order valence-corrected chi connectivity index (χ0v) is 14.7. The van der Waals surface area contributed by atoms with Crippen molar-refractivity contribution in [3.63, 3.8) is 0 Å². The maximum Gasteiger partial charge on any atom is 0.337 e. The van der Waals surface area contributed by atoms with E-state index in [1.54, 1.807) is 18.2 Å². The van der Waals surface area contributed by atoms with Crippen LogP contribution in [0.5, 0.6) is 0 Å². The zero-order chi connectivity index (χ0) is 18.1. The summed E-state index contributed by atoms with van der Waals surface area (Å²) in [5.41, 5.74) is 2.40. The van der Waals surface area contributed by atoms with E-state index in [0.29, 0.717) is 31.6 Å². The lowest BCUT2D eigenvalue weighted by atomic mass is 10.2. The van der Waals surface area contributed by atoms with Crippen LogP contribution in [0.25, 0.3) is 0 Å². The number of rotatable bonds is 8. The van der Waals surface area contributed by atoms with Gasteiger partial charge in [-0.15, -0.1) is 0 Å². The highest BCUT2D eigenvalue weighted by molar-refractivity contribution is 5.90. The number of benzene rings is 2.